The topological polar surface area (TPSA) is 37.0 Å². The van der Waals surface area contributed by atoms with Crippen molar-refractivity contribution in [3.63, 3.8) is 0 Å². The Bertz CT molecular complexity index is 509. The Labute approximate surface area is 108 Å². The fourth-order valence-electron chi connectivity index (χ4n) is 1.93. The number of rotatable bonds is 5. The molecule has 0 spiro atoms. The van der Waals surface area contributed by atoms with Crippen LogP contribution in [0.25, 0.3) is 0 Å². The molecule has 1 aromatic carbocycles. The minimum absolute atomic E-state index is 0.868. The minimum Gasteiger partial charge on any atom is -0.373 e. The molecule has 94 valence electrons. The summed E-state index contributed by atoms with van der Waals surface area (Å²) in [4.78, 5) is 4.21. The van der Waals surface area contributed by atoms with Gasteiger partial charge in [0.25, 0.3) is 0 Å². The van der Waals surface area contributed by atoms with Crippen LogP contribution in [0, 0.1) is 0 Å². The van der Waals surface area contributed by atoms with Gasteiger partial charge in [-0.1, -0.05) is 31.5 Å². The number of aryl methyl sites for hydroxylation is 1. The predicted molar refractivity (Wildman–Crippen MR) is 77.5 cm³/mol. The monoisotopic (exact) mass is 241 g/mol. The van der Waals surface area contributed by atoms with Gasteiger partial charge in [0.2, 0.25) is 0 Å². The second kappa shape index (κ2) is 6.05. The van der Waals surface area contributed by atoms with E-state index in [0.29, 0.717) is 0 Å². The molecule has 0 aliphatic rings. The van der Waals surface area contributed by atoms with Crippen molar-refractivity contribution in [1.29, 1.82) is 0 Å². The largest absolute Gasteiger partial charge is 0.373 e. The number of para-hydroxylation sites is 1. The van der Waals surface area contributed by atoms with Crippen LogP contribution in [0.3, 0.4) is 0 Å². The van der Waals surface area contributed by atoms with Crippen molar-refractivity contribution in [2.75, 3.05) is 17.7 Å². The molecule has 1 heterocycles. The Kier molecular flexibility index (Phi) is 4.18. The normalized spacial score (nSPS) is 10.1. The van der Waals surface area contributed by atoms with E-state index in [0.717, 1.165) is 24.3 Å². The van der Waals surface area contributed by atoms with Crippen LogP contribution < -0.4 is 10.6 Å². The molecule has 2 aromatic rings. The number of benzene rings is 1. The van der Waals surface area contributed by atoms with E-state index in [1.165, 1.54) is 11.3 Å². The smallest absolute Gasteiger partial charge is 0.127 e. The van der Waals surface area contributed by atoms with Crippen molar-refractivity contribution in [2.45, 2.75) is 19.8 Å². The number of hydrogen-bond donors (Lipinski definition) is 2. The SMILES string of the molecule is CCCc1ccccc1Nc1ccnc(NC)c1. The van der Waals surface area contributed by atoms with Crippen LogP contribution in [0.5, 0.6) is 0 Å². The lowest BCUT2D eigenvalue weighted by Gasteiger charge is -2.12. The predicted octanol–water partition coefficient (Wildman–Crippen LogP) is 3.82. The Morgan fingerprint density at radius 1 is 1.17 bits per heavy atom. The van der Waals surface area contributed by atoms with E-state index in [4.69, 9.17) is 0 Å². The third-order valence-electron chi connectivity index (χ3n) is 2.83. The molecule has 0 aliphatic carbocycles. The van der Waals surface area contributed by atoms with Crippen molar-refractivity contribution in [2.24, 2.45) is 0 Å². The molecule has 3 nitrogen and oxygen atoms in total. The number of pyridine rings is 1. The van der Waals surface area contributed by atoms with E-state index in [-0.39, 0.29) is 0 Å². The van der Waals surface area contributed by atoms with E-state index in [1.807, 2.05) is 19.2 Å². The van der Waals surface area contributed by atoms with Gasteiger partial charge in [-0.3, -0.25) is 0 Å². The first-order valence-electron chi connectivity index (χ1n) is 6.32. The van der Waals surface area contributed by atoms with E-state index in [2.05, 4.69) is 46.8 Å². The maximum absolute atomic E-state index is 4.21. The molecule has 2 N–H and O–H groups in total. The van der Waals surface area contributed by atoms with Crippen molar-refractivity contribution >= 4 is 17.2 Å². The van der Waals surface area contributed by atoms with Crippen LogP contribution in [0.2, 0.25) is 0 Å². The van der Waals surface area contributed by atoms with Gasteiger partial charge in [-0.2, -0.15) is 0 Å². The summed E-state index contributed by atoms with van der Waals surface area (Å²) in [6.45, 7) is 2.20. The van der Waals surface area contributed by atoms with Crippen molar-refractivity contribution in [3.05, 3.63) is 48.2 Å². The number of nitrogens with zero attached hydrogens (tertiary/aromatic N) is 1. The molecular weight excluding hydrogens is 222 g/mol. The van der Waals surface area contributed by atoms with Crippen LogP contribution in [-0.4, -0.2) is 12.0 Å². The maximum atomic E-state index is 4.21. The molecule has 0 atom stereocenters. The fraction of sp³-hybridized carbons (Fsp3) is 0.267. The van der Waals surface area contributed by atoms with Gasteiger partial charge in [-0.15, -0.1) is 0 Å². The quantitative estimate of drug-likeness (QED) is 0.835. The molecule has 0 fully saturated rings. The van der Waals surface area contributed by atoms with Crippen LogP contribution in [0.15, 0.2) is 42.6 Å². The van der Waals surface area contributed by atoms with Gasteiger partial charge in [0.15, 0.2) is 0 Å². The maximum Gasteiger partial charge on any atom is 0.127 e. The molecule has 0 amide bonds. The Morgan fingerprint density at radius 2 is 2.00 bits per heavy atom. The second-order valence-corrected chi connectivity index (χ2v) is 4.21. The summed E-state index contributed by atoms with van der Waals surface area (Å²) in [5.74, 6) is 0.868. The average Bonchev–Trinajstić information content (AvgIpc) is 2.41. The highest BCUT2D eigenvalue weighted by Gasteiger charge is 2.02. The van der Waals surface area contributed by atoms with Crippen LogP contribution in [-0.2, 0) is 6.42 Å². The van der Waals surface area contributed by atoms with Crippen LogP contribution >= 0.6 is 0 Å². The molecule has 0 unspecified atom stereocenters. The van der Waals surface area contributed by atoms with Gasteiger partial charge in [0.05, 0.1) is 0 Å². The van der Waals surface area contributed by atoms with Crippen molar-refractivity contribution in [1.82, 2.24) is 4.98 Å². The van der Waals surface area contributed by atoms with Crippen LogP contribution in [0.4, 0.5) is 17.2 Å². The van der Waals surface area contributed by atoms with E-state index < -0.39 is 0 Å². The number of anilines is 3. The highest BCUT2D eigenvalue weighted by molar-refractivity contribution is 5.65. The van der Waals surface area contributed by atoms with Gasteiger partial charge in [0, 0.05) is 30.7 Å². The second-order valence-electron chi connectivity index (χ2n) is 4.21. The van der Waals surface area contributed by atoms with Gasteiger partial charge in [-0.05, 0) is 24.1 Å². The third kappa shape index (κ3) is 3.00. The first-order valence-corrected chi connectivity index (χ1v) is 6.32. The highest BCUT2D eigenvalue weighted by Crippen LogP contribution is 2.22. The highest BCUT2D eigenvalue weighted by atomic mass is 15.0. The van der Waals surface area contributed by atoms with E-state index >= 15 is 0 Å². The van der Waals surface area contributed by atoms with Crippen molar-refractivity contribution in [3.8, 4) is 0 Å². The van der Waals surface area contributed by atoms with Gasteiger partial charge in [-0.25, -0.2) is 4.98 Å². The molecule has 3 heteroatoms. The Balaban J connectivity index is 2.22. The summed E-state index contributed by atoms with van der Waals surface area (Å²) in [6, 6.07) is 12.4. The molecule has 0 aliphatic heterocycles. The molecule has 1 aromatic heterocycles. The van der Waals surface area contributed by atoms with Crippen molar-refractivity contribution < 1.29 is 0 Å². The number of hydrogen-bond acceptors (Lipinski definition) is 3. The zero-order valence-corrected chi connectivity index (χ0v) is 10.9. The first kappa shape index (κ1) is 12.4. The summed E-state index contributed by atoms with van der Waals surface area (Å²) < 4.78 is 0. The average molecular weight is 241 g/mol. The minimum atomic E-state index is 0.868. The summed E-state index contributed by atoms with van der Waals surface area (Å²) in [5.41, 5.74) is 3.58. The zero-order chi connectivity index (χ0) is 12.8. The molecular formula is C15H19N3. The molecule has 2 rings (SSSR count). The molecule has 0 saturated heterocycles. The Morgan fingerprint density at radius 3 is 2.78 bits per heavy atom. The van der Waals surface area contributed by atoms with Crippen LogP contribution in [0.1, 0.15) is 18.9 Å². The third-order valence-corrected chi connectivity index (χ3v) is 2.83. The van der Waals surface area contributed by atoms with E-state index in [1.54, 1.807) is 6.20 Å². The summed E-state index contributed by atoms with van der Waals surface area (Å²) >= 11 is 0. The van der Waals surface area contributed by atoms with Gasteiger partial charge >= 0.3 is 0 Å². The molecule has 0 saturated carbocycles. The molecule has 0 radical (unpaired) electrons. The first-order chi connectivity index (χ1) is 8.83. The van der Waals surface area contributed by atoms with E-state index in [9.17, 15) is 0 Å². The molecule has 0 bridgehead atoms. The lowest BCUT2D eigenvalue weighted by molar-refractivity contribution is 0.923. The lowest BCUT2D eigenvalue weighted by Crippen LogP contribution is -1.98. The summed E-state index contributed by atoms with van der Waals surface area (Å²) in [5, 5.41) is 6.49. The lowest BCUT2D eigenvalue weighted by atomic mass is 10.1. The molecule has 18 heavy (non-hydrogen) atoms. The zero-order valence-electron chi connectivity index (χ0n) is 10.9. The number of nitrogens with one attached hydrogen (secondary N) is 2. The summed E-state index contributed by atoms with van der Waals surface area (Å²) in [6.07, 6.45) is 4.04. The standard InChI is InChI=1S/C15H19N3/c1-3-6-12-7-4-5-8-14(12)18-13-9-10-17-15(11-13)16-2/h4-5,7-11H,3,6H2,1-2H3,(H2,16,17,18). The van der Waals surface area contributed by atoms with Gasteiger partial charge in [0.1, 0.15) is 5.82 Å². The fourth-order valence-corrected chi connectivity index (χ4v) is 1.93. The Hall–Kier alpha value is -2.03. The number of aromatic nitrogens is 1. The van der Waals surface area contributed by atoms with Gasteiger partial charge < -0.3 is 10.6 Å². The summed E-state index contributed by atoms with van der Waals surface area (Å²) in [7, 11) is 1.87.